The normalized spacial score (nSPS) is 15.8. The Morgan fingerprint density at radius 2 is 2.06 bits per heavy atom. The van der Waals surface area contributed by atoms with Gasteiger partial charge in [0, 0.05) is 29.1 Å². The van der Waals surface area contributed by atoms with Gasteiger partial charge in [0.15, 0.2) is 18.1 Å². The monoisotopic (exact) mass is 439 g/mol. The fourth-order valence-corrected chi connectivity index (χ4v) is 4.96. The molecule has 2 aliphatic heterocycles. The van der Waals surface area contributed by atoms with E-state index >= 15 is 0 Å². The van der Waals surface area contributed by atoms with E-state index in [2.05, 4.69) is 10.4 Å². The van der Waals surface area contributed by atoms with E-state index in [1.807, 2.05) is 32.0 Å². The molecule has 5 rings (SSSR count). The molecule has 31 heavy (non-hydrogen) atoms. The minimum atomic E-state index is -0.321. The third-order valence-corrected chi connectivity index (χ3v) is 6.27. The number of carbonyl (C=O) groups excluding carboxylic acids is 1. The number of anilines is 1. The van der Waals surface area contributed by atoms with E-state index in [0.717, 1.165) is 34.7 Å². The van der Waals surface area contributed by atoms with Gasteiger partial charge < -0.3 is 14.8 Å². The Bertz CT molecular complexity index is 1160. The fraction of sp³-hybridized carbons (Fsp3) is 0.304. The van der Waals surface area contributed by atoms with E-state index in [1.165, 1.54) is 12.1 Å². The second-order valence-corrected chi connectivity index (χ2v) is 9.26. The zero-order valence-electron chi connectivity index (χ0n) is 17.3. The van der Waals surface area contributed by atoms with Gasteiger partial charge in [-0.3, -0.25) is 4.79 Å². The van der Waals surface area contributed by atoms with Crippen LogP contribution in [-0.2, 0) is 22.7 Å². The number of halogens is 1. The van der Waals surface area contributed by atoms with Crippen LogP contribution < -0.4 is 14.8 Å². The number of rotatable bonds is 5. The summed E-state index contributed by atoms with van der Waals surface area (Å²) in [5, 5.41) is 7.57. The first-order valence-electron chi connectivity index (χ1n) is 10.1. The molecule has 3 heterocycles. The van der Waals surface area contributed by atoms with Gasteiger partial charge in [-0.1, -0.05) is 12.1 Å². The quantitative estimate of drug-likeness (QED) is 0.635. The maximum atomic E-state index is 13.3. The Morgan fingerprint density at radius 3 is 2.87 bits per heavy atom. The number of fused-ring (bicyclic) bond motifs is 2. The number of ether oxygens (including phenoxy) is 2. The highest BCUT2D eigenvalue weighted by Gasteiger charge is 2.32. The van der Waals surface area contributed by atoms with E-state index in [9.17, 15) is 9.18 Å². The summed E-state index contributed by atoms with van der Waals surface area (Å²) in [6.45, 7) is 3.90. The van der Waals surface area contributed by atoms with Crippen molar-refractivity contribution in [2.75, 3.05) is 11.9 Å². The van der Waals surface area contributed by atoms with Crippen LogP contribution in [0.3, 0.4) is 0 Å². The third-order valence-electron chi connectivity index (χ3n) is 5.29. The Labute approximate surface area is 183 Å². The zero-order chi connectivity index (χ0) is 21.6. The predicted octanol–water partition coefficient (Wildman–Crippen LogP) is 4.49. The van der Waals surface area contributed by atoms with Crippen molar-refractivity contribution in [2.24, 2.45) is 0 Å². The van der Waals surface area contributed by atoms with Crippen molar-refractivity contribution in [3.8, 4) is 17.2 Å². The molecule has 1 N–H and O–H groups in total. The van der Waals surface area contributed by atoms with Gasteiger partial charge in [-0.2, -0.15) is 16.9 Å². The van der Waals surface area contributed by atoms with Crippen LogP contribution in [0.5, 0.6) is 11.5 Å². The van der Waals surface area contributed by atoms with Crippen molar-refractivity contribution in [3.05, 3.63) is 65.1 Å². The van der Waals surface area contributed by atoms with Crippen molar-refractivity contribution >= 4 is 23.5 Å². The number of para-hydroxylation sites is 1. The van der Waals surface area contributed by atoms with Gasteiger partial charge in [0.1, 0.15) is 17.2 Å². The molecule has 0 aliphatic carbocycles. The number of amides is 1. The molecule has 6 nitrogen and oxygen atoms in total. The number of nitrogens with one attached hydrogen (secondary N) is 1. The topological polar surface area (TPSA) is 65.4 Å². The van der Waals surface area contributed by atoms with Crippen LogP contribution in [0.1, 0.15) is 30.7 Å². The lowest BCUT2D eigenvalue weighted by atomic mass is 10.0. The molecule has 8 heteroatoms. The van der Waals surface area contributed by atoms with Crippen LogP contribution in [0, 0.1) is 5.82 Å². The maximum Gasteiger partial charge on any atom is 0.263 e. The summed E-state index contributed by atoms with van der Waals surface area (Å²) < 4.78 is 26.8. The largest absolute Gasteiger partial charge is 0.483 e. The summed E-state index contributed by atoms with van der Waals surface area (Å²) in [5.41, 5.74) is 3.40. The molecule has 1 aromatic heterocycles. The highest BCUT2D eigenvalue weighted by Crippen LogP contribution is 2.42. The lowest BCUT2D eigenvalue weighted by Gasteiger charge is -2.18. The second kappa shape index (κ2) is 7.60. The third kappa shape index (κ3) is 3.87. The van der Waals surface area contributed by atoms with E-state index < -0.39 is 0 Å². The number of hydrogen-bond donors (Lipinski definition) is 1. The molecule has 2 aromatic carbocycles. The minimum Gasteiger partial charge on any atom is -0.483 e. The summed E-state index contributed by atoms with van der Waals surface area (Å²) in [6, 6.07) is 11.8. The van der Waals surface area contributed by atoms with Gasteiger partial charge >= 0.3 is 0 Å². The van der Waals surface area contributed by atoms with Crippen molar-refractivity contribution in [1.29, 1.82) is 0 Å². The molecule has 0 radical (unpaired) electrons. The average molecular weight is 440 g/mol. The number of carbonyl (C=O) groups is 1. The first-order chi connectivity index (χ1) is 14.9. The van der Waals surface area contributed by atoms with Crippen molar-refractivity contribution < 1.29 is 18.7 Å². The SMILES string of the molecule is CC1(C)Cc2cccc(OCC(=O)Nc3c4c(nn3-c3ccc(F)cc3)CSC4)c2O1. The van der Waals surface area contributed by atoms with Gasteiger partial charge in [-0.05, 0) is 44.2 Å². The Kier molecular flexibility index (Phi) is 4.89. The van der Waals surface area contributed by atoms with Crippen LogP contribution >= 0.6 is 11.8 Å². The van der Waals surface area contributed by atoms with Crippen molar-refractivity contribution in [1.82, 2.24) is 9.78 Å². The number of nitrogens with zero attached hydrogens (tertiary/aromatic N) is 2. The Morgan fingerprint density at radius 1 is 1.26 bits per heavy atom. The van der Waals surface area contributed by atoms with Crippen LogP contribution in [-0.4, -0.2) is 27.9 Å². The summed E-state index contributed by atoms with van der Waals surface area (Å²) in [7, 11) is 0. The predicted molar refractivity (Wildman–Crippen MR) is 117 cm³/mol. The average Bonchev–Trinajstić information content (AvgIpc) is 3.40. The molecule has 0 atom stereocenters. The van der Waals surface area contributed by atoms with E-state index in [4.69, 9.17) is 9.47 Å². The number of aromatic nitrogens is 2. The molecule has 0 unspecified atom stereocenters. The molecule has 2 aliphatic rings. The molecule has 3 aromatic rings. The van der Waals surface area contributed by atoms with E-state index in [-0.39, 0.29) is 23.9 Å². The number of hydrogen-bond acceptors (Lipinski definition) is 5. The van der Waals surface area contributed by atoms with Gasteiger partial charge in [0.25, 0.3) is 5.91 Å². The van der Waals surface area contributed by atoms with Crippen LogP contribution in [0.2, 0.25) is 0 Å². The molecular formula is C23H22FN3O3S. The highest BCUT2D eigenvalue weighted by molar-refractivity contribution is 7.98. The van der Waals surface area contributed by atoms with Gasteiger partial charge in [-0.15, -0.1) is 0 Å². The van der Waals surface area contributed by atoms with Crippen LogP contribution in [0.25, 0.3) is 5.69 Å². The fourth-order valence-electron chi connectivity index (χ4n) is 3.92. The van der Waals surface area contributed by atoms with E-state index in [1.54, 1.807) is 28.6 Å². The van der Waals surface area contributed by atoms with Gasteiger partial charge in [0.05, 0.1) is 11.4 Å². The van der Waals surface area contributed by atoms with Crippen LogP contribution in [0.15, 0.2) is 42.5 Å². The zero-order valence-corrected chi connectivity index (χ0v) is 18.1. The van der Waals surface area contributed by atoms with Crippen molar-refractivity contribution in [3.63, 3.8) is 0 Å². The van der Waals surface area contributed by atoms with Gasteiger partial charge in [0.2, 0.25) is 0 Å². The highest BCUT2D eigenvalue weighted by atomic mass is 32.2. The smallest absolute Gasteiger partial charge is 0.263 e. The number of benzene rings is 2. The minimum absolute atomic E-state index is 0.156. The first-order valence-corrected chi connectivity index (χ1v) is 11.2. The molecular weight excluding hydrogens is 417 g/mol. The Hall–Kier alpha value is -3.00. The summed E-state index contributed by atoms with van der Waals surface area (Å²) in [5.74, 6) is 2.81. The maximum absolute atomic E-state index is 13.3. The molecule has 0 bridgehead atoms. The Balaban J connectivity index is 1.34. The summed E-state index contributed by atoms with van der Waals surface area (Å²) in [6.07, 6.45) is 0.798. The summed E-state index contributed by atoms with van der Waals surface area (Å²) in [4.78, 5) is 12.8. The van der Waals surface area contributed by atoms with Crippen LogP contribution in [0.4, 0.5) is 10.2 Å². The lowest BCUT2D eigenvalue weighted by Crippen LogP contribution is -2.25. The molecule has 1 amide bonds. The molecule has 160 valence electrons. The standard InChI is InChI=1S/C23H22FN3O3S/c1-23(2)10-14-4-3-5-19(21(14)30-23)29-11-20(28)25-22-17-12-31-13-18(17)26-27(22)16-8-6-15(24)7-9-16/h3-9H,10-13H2,1-2H3,(H,25,28). The molecule has 0 saturated heterocycles. The molecule has 0 fully saturated rings. The first kappa shape index (κ1) is 19.9. The second-order valence-electron chi connectivity index (χ2n) is 8.27. The molecule has 0 saturated carbocycles. The molecule has 0 spiro atoms. The van der Waals surface area contributed by atoms with E-state index in [0.29, 0.717) is 23.0 Å². The van der Waals surface area contributed by atoms with Gasteiger partial charge in [-0.25, -0.2) is 9.07 Å². The lowest BCUT2D eigenvalue weighted by molar-refractivity contribution is -0.118. The number of thioether (sulfide) groups is 1. The summed E-state index contributed by atoms with van der Waals surface area (Å²) >= 11 is 1.75. The van der Waals surface area contributed by atoms with Crippen molar-refractivity contribution in [2.45, 2.75) is 37.4 Å².